The summed E-state index contributed by atoms with van der Waals surface area (Å²) in [5, 5.41) is 14.8. The van der Waals surface area contributed by atoms with Gasteiger partial charge < -0.3 is 10.2 Å². The average molecular weight is 234 g/mol. The van der Waals surface area contributed by atoms with E-state index >= 15 is 0 Å². The molecule has 4 nitrogen and oxygen atoms in total. The zero-order valence-corrected chi connectivity index (χ0v) is 11.0. The second kappa shape index (κ2) is 19.5. The molecule has 0 saturated heterocycles. The van der Waals surface area contributed by atoms with Crippen LogP contribution in [-0.4, -0.2) is 22.2 Å². The zero-order valence-electron chi connectivity index (χ0n) is 11.0. The summed E-state index contributed by atoms with van der Waals surface area (Å²) in [6.45, 7) is 6.68. The largest absolute Gasteiger partial charge is 0.481 e. The molecule has 0 aliphatic carbocycles. The van der Waals surface area contributed by atoms with E-state index in [4.69, 9.17) is 19.8 Å². The van der Waals surface area contributed by atoms with E-state index in [0.717, 1.165) is 13.8 Å². The monoisotopic (exact) mass is 234 g/mol. The summed E-state index contributed by atoms with van der Waals surface area (Å²) in [5.74, 6) is -1.67. The number of rotatable bonds is 5. The van der Waals surface area contributed by atoms with Crippen LogP contribution in [0.3, 0.4) is 0 Å². The molecular formula is C12H26O4. The molecule has 0 atom stereocenters. The van der Waals surface area contributed by atoms with E-state index in [2.05, 4.69) is 13.8 Å². The van der Waals surface area contributed by atoms with Gasteiger partial charge in [-0.15, -0.1) is 0 Å². The molecule has 0 aliphatic rings. The Kier molecular flexibility index (Phi) is 24.8. The van der Waals surface area contributed by atoms with Gasteiger partial charge in [-0.1, -0.05) is 52.4 Å². The second-order valence-electron chi connectivity index (χ2n) is 3.45. The smallest absolute Gasteiger partial charge is 0.300 e. The molecule has 0 aliphatic heterocycles. The van der Waals surface area contributed by atoms with Gasteiger partial charge in [0.05, 0.1) is 0 Å². The molecule has 0 radical (unpaired) electrons. The molecule has 0 fully saturated rings. The van der Waals surface area contributed by atoms with E-state index in [1.165, 1.54) is 38.5 Å². The highest BCUT2D eigenvalue weighted by Crippen LogP contribution is 2.03. The lowest BCUT2D eigenvalue weighted by molar-refractivity contribution is -0.135. The lowest BCUT2D eigenvalue weighted by Gasteiger charge is -1.93. The molecule has 2 N–H and O–H groups in total. The number of carboxylic acid groups (broad SMARTS) is 2. The molecule has 0 rings (SSSR count). The van der Waals surface area contributed by atoms with E-state index < -0.39 is 11.9 Å². The van der Waals surface area contributed by atoms with Crippen molar-refractivity contribution in [2.45, 2.75) is 66.2 Å². The van der Waals surface area contributed by atoms with Gasteiger partial charge in [-0.25, -0.2) is 0 Å². The Morgan fingerprint density at radius 3 is 1.06 bits per heavy atom. The maximum atomic E-state index is 9.00. The summed E-state index contributed by atoms with van der Waals surface area (Å²) in [6, 6.07) is 0. The van der Waals surface area contributed by atoms with Gasteiger partial charge in [0, 0.05) is 13.8 Å². The molecule has 4 heteroatoms. The highest BCUT2D eigenvalue weighted by atomic mass is 16.4. The molecule has 16 heavy (non-hydrogen) atoms. The van der Waals surface area contributed by atoms with Gasteiger partial charge in [-0.05, 0) is 0 Å². The van der Waals surface area contributed by atoms with Gasteiger partial charge >= 0.3 is 0 Å². The van der Waals surface area contributed by atoms with Gasteiger partial charge in [0.1, 0.15) is 0 Å². The Morgan fingerprint density at radius 1 is 0.750 bits per heavy atom. The van der Waals surface area contributed by atoms with Crippen LogP contribution < -0.4 is 0 Å². The molecule has 0 unspecified atom stereocenters. The maximum Gasteiger partial charge on any atom is 0.300 e. The topological polar surface area (TPSA) is 74.6 Å². The third-order valence-electron chi connectivity index (χ3n) is 1.46. The number of carboxylic acids is 2. The number of carbonyl (C=O) groups is 2. The fraction of sp³-hybridized carbons (Fsp3) is 0.833. The van der Waals surface area contributed by atoms with Crippen molar-refractivity contribution in [3.8, 4) is 0 Å². The molecule has 0 aromatic heterocycles. The van der Waals surface area contributed by atoms with E-state index in [-0.39, 0.29) is 0 Å². The first-order chi connectivity index (χ1) is 7.38. The minimum absolute atomic E-state index is 0.833. The summed E-state index contributed by atoms with van der Waals surface area (Å²) in [6.07, 6.45) is 8.49. The second-order valence-corrected chi connectivity index (χ2v) is 3.45. The van der Waals surface area contributed by atoms with Crippen LogP contribution in [0.15, 0.2) is 0 Å². The van der Waals surface area contributed by atoms with Crippen molar-refractivity contribution in [1.82, 2.24) is 0 Å². The van der Waals surface area contributed by atoms with E-state index in [0.29, 0.717) is 0 Å². The van der Waals surface area contributed by atoms with Crippen molar-refractivity contribution in [1.29, 1.82) is 0 Å². The first kappa shape index (κ1) is 20.4. The number of unbranched alkanes of at least 4 members (excludes halogenated alkanes) is 5. The quantitative estimate of drug-likeness (QED) is 0.713. The van der Waals surface area contributed by atoms with Crippen molar-refractivity contribution in [2.24, 2.45) is 0 Å². The van der Waals surface area contributed by atoms with E-state index in [1.807, 2.05) is 0 Å². The van der Waals surface area contributed by atoms with Crippen LogP contribution in [0.4, 0.5) is 0 Å². The highest BCUT2D eigenvalue weighted by molar-refractivity contribution is 5.63. The van der Waals surface area contributed by atoms with Crippen LogP contribution in [-0.2, 0) is 9.59 Å². The molecule has 0 amide bonds. The molecule has 0 bridgehead atoms. The Bertz CT molecular complexity index is 129. The van der Waals surface area contributed by atoms with Crippen LogP contribution in [0.1, 0.15) is 66.2 Å². The van der Waals surface area contributed by atoms with Crippen molar-refractivity contribution in [2.75, 3.05) is 0 Å². The van der Waals surface area contributed by atoms with Crippen molar-refractivity contribution in [3.63, 3.8) is 0 Å². The standard InChI is InChI=1S/C8H18.2C2H4O2/c1-3-5-7-8-6-4-2;2*1-2(3)4/h3-8H2,1-2H3;2*1H3,(H,3,4). The normalized spacial score (nSPS) is 8.00. The van der Waals surface area contributed by atoms with E-state index in [9.17, 15) is 0 Å². The SMILES string of the molecule is CC(=O)O.CC(=O)O.CCCCCCCC. The predicted molar refractivity (Wildman–Crippen MR) is 65.7 cm³/mol. The van der Waals surface area contributed by atoms with Gasteiger partial charge in [0.2, 0.25) is 0 Å². The van der Waals surface area contributed by atoms with Crippen molar-refractivity contribution < 1.29 is 19.8 Å². The summed E-state index contributed by atoms with van der Waals surface area (Å²) >= 11 is 0. The Hall–Kier alpha value is -1.06. The van der Waals surface area contributed by atoms with E-state index in [1.54, 1.807) is 0 Å². The molecule has 0 aromatic carbocycles. The Balaban J connectivity index is -0.000000179. The van der Waals surface area contributed by atoms with Crippen LogP contribution in [0.5, 0.6) is 0 Å². The fourth-order valence-corrected chi connectivity index (χ4v) is 0.854. The molecule has 0 saturated carbocycles. The third kappa shape index (κ3) is 119. The Labute approximate surface area is 98.7 Å². The first-order valence-electron chi connectivity index (χ1n) is 5.77. The minimum Gasteiger partial charge on any atom is -0.481 e. The fourth-order valence-electron chi connectivity index (χ4n) is 0.854. The van der Waals surface area contributed by atoms with Crippen LogP contribution in [0, 0.1) is 0 Å². The molecule has 0 spiro atoms. The van der Waals surface area contributed by atoms with Crippen LogP contribution >= 0.6 is 0 Å². The summed E-state index contributed by atoms with van der Waals surface area (Å²) in [4.78, 5) is 18.0. The molecule has 0 aromatic rings. The zero-order chi connectivity index (χ0) is 13.4. The van der Waals surface area contributed by atoms with Gasteiger partial charge in [-0.2, -0.15) is 0 Å². The Morgan fingerprint density at radius 2 is 0.938 bits per heavy atom. The van der Waals surface area contributed by atoms with Crippen molar-refractivity contribution >= 4 is 11.9 Å². The maximum absolute atomic E-state index is 9.00. The highest BCUT2D eigenvalue weighted by Gasteiger charge is 1.83. The number of hydrogen-bond donors (Lipinski definition) is 2. The van der Waals surface area contributed by atoms with Gasteiger partial charge in [0.25, 0.3) is 11.9 Å². The molecule has 98 valence electrons. The van der Waals surface area contributed by atoms with Gasteiger partial charge in [0.15, 0.2) is 0 Å². The third-order valence-corrected chi connectivity index (χ3v) is 1.46. The first-order valence-corrected chi connectivity index (χ1v) is 5.77. The van der Waals surface area contributed by atoms with Crippen molar-refractivity contribution in [3.05, 3.63) is 0 Å². The average Bonchev–Trinajstić information content (AvgIpc) is 2.11. The molecule has 0 heterocycles. The molecular weight excluding hydrogens is 208 g/mol. The number of hydrogen-bond acceptors (Lipinski definition) is 2. The van der Waals surface area contributed by atoms with Crippen LogP contribution in [0.2, 0.25) is 0 Å². The minimum atomic E-state index is -0.833. The summed E-state index contributed by atoms with van der Waals surface area (Å²) < 4.78 is 0. The number of aliphatic carboxylic acids is 2. The van der Waals surface area contributed by atoms with Gasteiger partial charge in [-0.3, -0.25) is 9.59 Å². The predicted octanol–water partition coefficient (Wildman–Crippen LogP) is 3.55. The summed E-state index contributed by atoms with van der Waals surface area (Å²) in [5.41, 5.74) is 0. The summed E-state index contributed by atoms with van der Waals surface area (Å²) in [7, 11) is 0. The lowest BCUT2D eigenvalue weighted by atomic mass is 10.1. The lowest BCUT2D eigenvalue weighted by Crippen LogP contribution is -1.78. The van der Waals surface area contributed by atoms with Crippen LogP contribution in [0.25, 0.3) is 0 Å².